The van der Waals surface area contributed by atoms with Crippen molar-refractivity contribution in [1.29, 1.82) is 0 Å². The van der Waals surface area contributed by atoms with Gasteiger partial charge in [0.1, 0.15) is 24.7 Å². The maximum Gasteiger partial charge on any atom is 0.251 e. The second kappa shape index (κ2) is 12.8. The van der Waals surface area contributed by atoms with E-state index in [0.717, 1.165) is 12.2 Å². The van der Waals surface area contributed by atoms with E-state index in [1.807, 2.05) is 55.5 Å². The summed E-state index contributed by atoms with van der Waals surface area (Å²) < 4.78 is 11.4. The van der Waals surface area contributed by atoms with Crippen molar-refractivity contribution in [2.75, 3.05) is 36.9 Å². The van der Waals surface area contributed by atoms with Gasteiger partial charge in [-0.15, -0.1) is 0 Å². The summed E-state index contributed by atoms with van der Waals surface area (Å²) in [5, 5.41) is 8.75. The fourth-order valence-corrected chi connectivity index (χ4v) is 3.01. The normalized spacial score (nSPS) is 10.2. The molecular weight excluding hydrogens is 418 g/mol. The van der Waals surface area contributed by atoms with Crippen molar-refractivity contribution in [2.45, 2.75) is 13.3 Å². The van der Waals surface area contributed by atoms with E-state index in [9.17, 15) is 9.59 Å². The van der Waals surface area contributed by atoms with Gasteiger partial charge in [-0.1, -0.05) is 43.3 Å². The van der Waals surface area contributed by atoms with E-state index in [1.54, 1.807) is 30.3 Å². The maximum absolute atomic E-state index is 12.5. The van der Waals surface area contributed by atoms with Gasteiger partial charge in [-0.2, -0.15) is 0 Å². The molecule has 0 aliphatic carbocycles. The Balaban J connectivity index is 1.48. The van der Waals surface area contributed by atoms with Gasteiger partial charge in [0.05, 0.1) is 12.2 Å². The zero-order valence-corrected chi connectivity index (χ0v) is 18.7. The first-order chi connectivity index (χ1) is 16.2. The molecule has 3 N–H and O–H groups in total. The highest BCUT2D eigenvalue weighted by molar-refractivity contribution is 5.96. The molecule has 0 aromatic heterocycles. The van der Waals surface area contributed by atoms with Crippen LogP contribution >= 0.6 is 0 Å². The highest BCUT2D eigenvalue weighted by Gasteiger charge is 2.09. The molecule has 0 heterocycles. The topological polar surface area (TPSA) is 88.7 Å². The van der Waals surface area contributed by atoms with Gasteiger partial charge in [0.25, 0.3) is 5.91 Å². The van der Waals surface area contributed by atoms with E-state index in [-0.39, 0.29) is 18.4 Å². The number of amides is 2. The van der Waals surface area contributed by atoms with Crippen LogP contribution < -0.4 is 25.4 Å². The Morgan fingerprint density at radius 2 is 1.61 bits per heavy atom. The molecule has 0 fully saturated rings. The van der Waals surface area contributed by atoms with Crippen LogP contribution in [-0.4, -0.2) is 38.1 Å². The number of carbonyl (C=O) groups is 2. The maximum atomic E-state index is 12.5. The number of para-hydroxylation sites is 3. The summed E-state index contributed by atoms with van der Waals surface area (Å²) in [4.78, 5) is 24.6. The zero-order chi connectivity index (χ0) is 23.3. The minimum Gasteiger partial charge on any atom is -0.490 e. The summed E-state index contributed by atoms with van der Waals surface area (Å²) in [5.74, 6) is 0.984. The molecule has 3 rings (SSSR count). The molecule has 0 atom stereocenters. The van der Waals surface area contributed by atoms with E-state index >= 15 is 0 Å². The first kappa shape index (κ1) is 23.7. The average Bonchev–Trinajstić information content (AvgIpc) is 2.85. The Hall–Kier alpha value is -4.00. The van der Waals surface area contributed by atoms with Gasteiger partial charge in [0, 0.05) is 17.8 Å². The van der Waals surface area contributed by atoms with Gasteiger partial charge in [-0.25, -0.2) is 0 Å². The fourth-order valence-electron chi connectivity index (χ4n) is 3.01. The molecule has 0 saturated carbocycles. The van der Waals surface area contributed by atoms with Crippen LogP contribution in [0.1, 0.15) is 23.7 Å². The molecule has 172 valence electrons. The summed E-state index contributed by atoms with van der Waals surface area (Å²) in [6.07, 6.45) is 0.870. The number of anilines is 2. The number of hydrogen-bond acceptors (Lipinski definition) is 5. The van der Waals surface area contributed by atoms with Crippen LogP contribution in [0.25, 0.3) is 0 Å². The molecule has 33 heavy (non-hydrogen) atoms. The van der Waals surface area contributed by atoms with Gasteiger partial charge in [0.2, 0.25) is 5.91 Å². The first-order valence-electron chi connectivity index (χ1n) is 11.0. The SMILES string of the molecule is CCCNC(=O)c1cccc(NCC(=O)Nc2ccccc2OCCOc2ccccc2)c1. The van der Waals surface area contributed by atoms with Gasteiger partial charge < -0.3 is 25.4 Å². The van der Waals surface area contributed by atoms with Crippen LogP contribution in [0.2, 0.25) is 0 Å². The van der Waals surface area contributed by atoms with Crippen LogP contribution in [0.4, 0.5) is 11.4 Å². The number of hydrogen-bond donors (Lipinski definition) is 3. The summed E-state index contributed by atoms with van der Waals surface area (Å²) >= 11 is 0. The standard InChI is InChI=1S/C26H29N3O4/c1-2-15-27-26(31)20-9-8-10-21(18-20)28-19-25(30)29-23-13-6-7-14-24(23)33-17-16-32-22-11-4-3-5-12-22/h3-14,18,28H,2,15-17,19H2,1H3,(H,27,31)(H,29,30). The van der Waals surface area contributed by atoms with Crippen LogP contribution in [0, 0.1) is 0 Å². The van der Waals surface area contributed by atoms with Crippen molar-refractivity contribution in [1.82, 2.24) is 5.32 Å². The summed E-state index contributed by atoms with van der Waals surface area (Å²) in [6, 6.07) is 23.8. The summed E-state index contributed by atoms with van der Waals surface area (Å²) in [5.41, 5.74) is 1.82. The minimum absolute atomic E-state index is 0.0471. The molecule has 0 aliphatic rings. The quantitative estimate of drug-likeness (QED) is 0.360. The van der Waals surface area contributed by atoms with Crippen LogP contribution in [-0.2, 0) is 4.79 Å². The number of nitrogens with one attached hydrogen (secondary N) is 3. The third-order valence-corrected chi connectivity index (χ3v) is 4.63. The van der Waals surface area contributed by atoms with Crippen LogP contribution in [0.3, 0.4) is 0 Å². The largest absolute Gasteiger partial charge is 0.490 e. The lowest BCUT2D eigenvalue weighted by atomic mass is 10.2. The monoisotopic (exact) mass is 447 g/mol. The second-order valence-corrected chi connectivity index (χ2v) is 7.24. The van der Waals surface area contributed by atoms with Gasteiger partial charge in [0.15, 0.2) is 0 Å². The van der Waals surface area contributed by atoms with Crippen molar-refractivity contribution >= 4 is 23.2 Å². The summed E-state index contributed by atoms with van der Waals surface area (Å²) in [7, 11) is 0. The molecule has 0 aliphatic heterocycles. The Morgan fingerprint density at radius 1 is 0.848 bits per heavy atom. The number of rotatable bonds is 12. The van der Waals surface area contributed by atoms with Crippen LogP contribution in [0.15, 0.2) is 78.9 Å². The molecule has 3 aromatic rings. The third-order valence-electron chi connectivity index (χ3n) is 4.63. The van der Waals surface area contributed by atoms with E-state index < -0.39 is 0 Å². The highest BCUT2D eigenvalue weighted by Crippen LogP contribution is 2.23. The van der Waals surface area contributed by atoms with Crippen molar-refractivity contribution in [2.24, 2.45) is 0 Å². The van der Waals surface area contributed by atoms with Gasteiger partial charge in [-0.3, -0.25) is 9.59 Å². The van der Waals surface area contributed by atoms with E-state index in [0.29, 0.717) is 42.4 Å². The van der Waals surface area contributed by atoms with E-state index in [1.165, 1.54) is 0 Å². The lowest BCUT2D eigenvalue weighted by molar-refractivity contribution is -0.114. The third kappa shape index (κ3) is 7.88. The Morgan fingerprint density at radius 3 is 2.42 bits per heavy atom. The number of ether oxygens (including phenoxy) is 2. The molecule has 0 radical (unpaired) electrons. The van der Waals surface area contributed by atoms with Crippen molar-refractivity contribution < 1.29 is 19.1 Å². The zero-order valence-electron chi connectivity index (χ0n) is 18.7. The fraction of sp³-hybridized carbons (Fsp3) is 0.231. The minimum atomic E-state index is -0.229. The predicted molar refractivity (Wildman–Crippen MR) is 130 cm³/mol. The molecule has 3 aromatic carbocycles. The molecule has 7 nitrogen and oxygen atoms in total. The Bertz CT molecular complexity index is 1040. The second-order valence-electron chi connectivity index (χ2n) is 7.24. The lowest BCUT2D eigenvalue weighted by Gasteiger charge is -2.14. The van der Waals surface area contributed by atoms with Crippen molar-refractivity contribution in [3.8, 4) is 11.5 Å². The smallest absolute Gasteiger partial charge is 0.251 e. The predicted octanol–water partition coefficient (Wildman–Crippen LogP) is 4.33. The number of benzene rings is 3. The first-order valence-corrected chi connectivity index (χ1v) is 11.0. The molecule has 0 bridgehead atoms. The molecule has 2 amide bonds. The average molecular weight is 448 g/mol. The van der Waals surface area contributed by atoms with E-state index in [2.05, 4.69) is 16.0 Å². The molecule has 0 unspecified atom stereocenters. The molecule has 0 saturated heterocycles. The molecule has 0 spiro atoms. The Labute approximate surface area is 194 Å². The van der Waals surface area contributed by atoms with E-state index in [4.69, 9.17) is 9.47 Å². The Kier molecular flexibility index (Phi) is 9.15. The number of carbonyl (C=O) groups excluding carboxylic acids is 2. The van der Waals surface area contributed by atoms with Gasteiger partial charge >= 0.3 is 0 Å². The summed E-state index contributed by atoms with van der Waals surface area (Å²) in [6.45, 7) is 3.39. The van der Waals surface area contributed by atoms with Crippen molar-refractivity contribution in [3.63, 3.8) is 0 Å². The van der Waals surface area contributed by atoms with Gasteiger partial charge in [-0.05, 0) is 48.9 Å². The van der Waals surface area contributed by atoms with Crippen LogP contribution in [0.5, 0.6) is 11.5 Å². The van der Waals surface area contributed by atoms with Crippen molar-refractivity contribution in [3.05, 3.63) is 84.4 Å². The molecular formula is C26H29N3O4. The lowest BCUT2D eigenvalue weighted by Crippen LogP contribution is -2.24. The molecule has 7 heteroatoms. The highest BCUT2D eigenvalue weighted by atomic mass is 16.5.